The van der Waals surface area contributed by atoms with Gasteiger partial charge in [0.2, 0.25) is 0 Å². The molecule has 108 valence electrons. The quantitative estimate of drug-likeness (QED) is 0.770. The van der Waals surface area contributed by atoms with Crippen LogP contribution in [0.5, 0.6) is 0 Å². The third kappa shape index (κ3) is 3.73. The average Bonchev–Trinajstić information content (AvgIpc) is 3.30. The molecule has 2 fully saturated rings. The molecular weight excluding hydrogens is 250 g/mol. The van der Waals surface area contributed by atoms with Crippen LogP contribution in [0.4, 0.5) is 5.69 Å². The van der Waals surface area contributed by atoms with Crippen LogP contribution in [0.1, 0.15) is 42.5 Å². The van der Waals surface area contributed by atoms with Gasteiger partial charge in [-0.15, -0.1) is 0 Å². The summed E-state index contributed by atoms with van der Waals surface area (Å²) in [6.07, 6.45) is 6.07. The minimum absolute atomic E-state index is 0.0481. The predicted molar refractivity (Wildman–Crippen MR) is 81.1 cm³/mol. The van der Waals surface area contributed by atoms with E-state index in [0.717, 1.165) is 37.2 Å². The molecule has 1 atom stereocenters. The first-order chi connectivity index (χ1) is 9.81. The zero-order valence-corrected chi connectivity index (χ0v) is 11.8. The van der Waals surface area contributed by atoms with E-state index in [1.807, 2.05) is 24.3 Å². The number of carbonyl (C=O) groups is 1. The second-order valence-corrected chi connectivity index (χ2v) is 5.86. The van der Waals surface area contributed by atoms with Gasteiger partial charge in [0.05, 0.1) is 0 Å². The summed E-state index contributed by atoms with van der Waals surface area (Å²) in [4.78, 5) is 12.0. The Kier molecular flexibility index (Phi) is 4.21. The lowest BCUT2D eigenvalue weighted by Gasteiger charge is -2.24. The molecular formula is C16H23N3O. The first-order valence-electron chi connectivity index (χ1n) is 7.69. The van der Waals surface area contributed by atoms with Crippen molar-refractivity contribution in [2.75, 3.05) is 18.4 Å². The molecule has 3 N–H and O–H groups in total. The highest BCUT2D eigenvalue weighted by Gasteiger charge is 2.23. The number of hydrogen-bond donors (Lipinski definition) is 3. The van der Waals surface area contributed by atoms with E-state index in [9.17, 15) is 4.79 Å². The van der Waals surface area contributed by atoms with Gasteiger partial charge in [0.25, 0.3) is 5.91 Å². The highest BCUT2D eigenvalue weighted by molar-refractivity contribution is 5.95. The summed E-state index contributed by atoms with van der Waals surface area (Å²) in [6, 6.07) is 8.75. The van der Waals surface area contributed by atoms with Crippen LogP contribution in [0.2, 0.25) is 0 Å². The Morgan fingerprint density at radius 2 is 2.15 bits per heavy atom. The fraction of sp³-hybridized carbons (Fsp3) is 0.562. The number of piperidine rings is 1. The first-order valence-corrected chi connectivity index (χ1v) is 7.69. The summed E-state index contributed by atoms with van der Waals surface area (Å²) >= 11 is 0. The molecule has 2 aliphatic rings. The van der Waals surface area contributed by atoms with E-state index in [2.05, 4.69) is 16.0 Å². The summed E-state index contributed by atoms with van der Waals surface area (Å²) in [6.45, 7) is 2.05. The smallest absolute Gasteiger partial charge is 0.251 e. The fourth-order valence-electron chi connectivity index (χ4n) is 2.61. The Bertz CT molecular complexity index is 465. The van der Waals surface area contributed by atoms with Crippen molar-refractivity contribution in [2.24, 2.45) is 0 Å². The van der Waals surface area contributed by atoms with Gasteiger partial charge in [-0.3, -0.25) is 4.79 Å². The first kappa shape index (κ1) is 13.4. The monoisotopic (exact) mass is 273 g/mol. The molecule has 1 saturated heterocycles. The maximum atomic E-state index is 12.0. The highest BCUT2D eigenvalue weighted by Crippen LogP contribution is 2.20. The number of amides is 1. The molecule has 4 nitrogen and oxygen atoms in total. The molecule has 1 amide bonds. The number of rotatable bonds is 5. The number of hydrogen-bond acceptors (Lipinski definition) is 3. The lowest BCUT2D eigenvalue weighted by atomic mass is 10.0. The highest BCUT2D eigenvalue weighted by atomic mass is 16.1. The SMILES string of the molecule is O=C(NC1CC1)c1cccc(NCC2CCCCN2)c1. The average molecular weight is 273 g/mol. The van der Waals surface area contributed by atoms with E-state index < -0.39 is 0 Å². The lowest BCUT2D eigenvalue weighted by molar-refractivity contribution is 0.0951. The normalized spacial score (nSPS) is 22.3. The Hall–Kier alpha value is -1.55. The zero-order valence-electron chi connectivity index (χ0n) is 11.8. The molecule has 0 spiro atoms. The second kappa shape index (κ2) is 6.27. The lowest BCUT2D eigenvalue weighted by Crippen LogP contribution is -2.39. The van der Waals surface area contributed by atoms with Crippen molar-refractivity contribution in [3.05, 3.63) is 29.8 Å². The molecule has 1 heterocycles. The van der Waals surface area contributed by atoms with E-state index in [-0.39, 0.29) is 5.91 Å². The molecule has 4 heteroatoms. The minimum atomic E-state index is 0.0481. The molecule has 20 heavy (non-hydrogen) atoms. The fourth-order valence-corrected chi connectivity index (χ4v) is 2.61. The summed E-state index contributed by atoms with van der Waals surface area (Å²) in [5, 5.41) is 9.98. The van der Waals surface area contributed by atoms with Crippen molar-refractivity contribution in [3.63, 3.8) is 0 Å². The van der Waals surface area contributed by atoms with Gasteiger partial charge in [0, 0.05) is 29.9 Å². The standard InChI is InChI=1S/C16H23N3O/c20-16(19-13-7-8-13)12-4-3-6-14(10-12)18-11-15-5-1-2-9-17-15/h3-4,6,10,13,15,17-18H,1-2,5,7-9,11H2,(H,19,20). The third-order valence-electron chi connectivity index (χ3n) is 4.00. The molecule has 0 aromatic heterocycles. The van der Waals surface area contributed by atoms with Gasteiger partial charge in [0.15, 0.2) is 0 Å². The van der Waals surface area contributed by atoms with E-state index >= 15 is 0 Å². The Labute approximate surface area is 120 Å². The molecule has 1 aromatic carbocycles. The number of benzene rings is 1. The predicted octanol–water partition coefficient (Wildman–Crippen LogP) is 2.13. The van der Waals surface area contributed by atoms with Crippen LogP contribution in [0.3, 0.4) is 0 Å². The Morgan fingerprint density at radius 3 is 2.90 bits per heavy atom. The van der Waals surface area contributed by atoms with E-state index in [4.69, 9.17) is 0 Å². The van der Waals surface area contributed by atoms with Gasteiger partial charge in [-0.1, -0.05) is 12.5 Å². The number of anilines is 1. The van der Waals surface area contributed by atoms with Crippen molar-refractivity contribution < 1.29 is 4.79 Å². The molecule has 1 saturated carbocycles. The summed E-state index contributed by atoms with van der Waals surface area (Å²) < 4.78 is 0. The molecule has 3 rings (SSSR count). The largest absolute Gasteiger partial charge is 0.383 e. The molecule has 0 radical (unpaired) electrons. The van der Waals surface area contributed by atoms with Crippen LogP contribution in [0.25, 0.3) is 0 Å². The molecule has 1 aliphatic carbocycles. The van der Waals surface area contributed by atoms with Gasteiger partial charge in [-0.05, 0) is 50.4 Å². The van der Waals surface area contributed by atoms with Gasteiger partial charge in [-0.25, -0.2) is 0 Å². The molecule has 0 bridgehead atoms. The van der Waals surface area contributed by atoms with Crippen molar-refractivity contribution in [3.8, 4) is 0 Å². The van der Waals surface area contributed by atoms with E-state index in [1.165, 1.54) is 19.3 Å². The zero-order chi connectivity index (χ0) is 13.8. The van der Waals surface area contributed by atoms with Gasteiger partial charge >= 0.3 is 0 Å². The van der Waals surface area contributed by atoms with Crippen LogP contribution >= 0.6 is 0 Å². The van der Waals surface area contributed by atoms with Crippen molar-refractivity contribution in [2.45, 2.75) is 44.2 Å². The van der Waals surface area contributed by atoms with Gasteiger partial charge in [-0.2, -0.15) is 0 Å². The number of carbonyl (C=O) groups excluding carboxylic acids is 1. The van der Waals surface area contributed by atoms with Crippen molar-refractivity contribution >= 4 is 11.6 Å². The Morgan fingerprint density at radius 1 is 1.25 bits per heavy atom. The summed E-state index contributed by atoms with van der Waals surface area (Å²) in [5.74, 6) is 0.0481. The van der Waals surface area contributed by atoms with E-state index in [1.54, 1.807) is 0 Å². The van der Waals surface area contributed by atoms with E-state index in [0.29, 0.717) is 12.1 Å². The van der Waals surface area contributed by atoms with Crippen LogP contribution in [0.15, 0.2) is 24.3 Å². The maximum absolute atomic E-state index is 12.0. The molecule has 1 aliphatic heterocycles. The molecule has 1 unspecified atom stereocenters. The minimum Gasteiger partial charge on any atom is -0.383 e. The third-order valence-corrected chi connectivity index (χ3v) is 4.00. The van der Waals surface area contributed by atoms with Crippen LogP contribution in [-0.2, 0) is 0 Å². The number of nitrogens with one attached hydrogen (secondary N) is 3. The van der Waals surface area contributed by atoms with Crippen LogP contribution in [0, 0.1) is 0 Å². The molecule has 1 aromatic rings. The summed E-state index contributed by atoms with van der Waals surface area (Å²) in [5.41, 5.74) is 1.78. The summed E-state index contributed by atoms with van der Waals surface area (Å²) in [7, 11) is 0. The van der Waals surface area contributed by atoms with Crippen LogP contribution in [-0.4, -0.2) is 31.1 Å². The van der Waals surface area contributed by atoms with Crippen LogP contribution < -0.4 is 16.0 Å². The van der Waals surface area contributed by atoms with Gasteiger partial charge in [0.1, 0.15) is 0 Å². The topological polar surface area (TPSA) is 53.2 Å². The van der Waals surface area contributed by atoms with Gasteiger partial charge < -0.3 is 16.0 Å². The Balaban J connectivity index is 1.54. The van der Waals surface area contributed by atoms with Crippen molar-refractivity contribution in [1.82, 2.24) is 10.6 Å². The van der Waals surface area contributed by atoms with Crippen molar-refractivity contribution in [1.29, 1.82) is 0 Å². The maximum Gasteiger partial charge on any atom is 0.251 e. The second-order valence-electron chi connectivity index (χ2n) is 5.86.